The Labute approximate surface area is 121 Å². The van der Waals surface area contributed by atoms with Gasteiger partial charge in [-0.1, -0.05) is 0 Å². The van der Waals surface area contributed by atoms with Crippen LogP contribution in [0, 0.1) is 11.7 Å². The van der Waals surface area contributed by atoms with Gasteiger partial charge in [-0.05, 0) is 66.5 Å². The fraction of sp³-hybridized carbons (Fsp3) is 0.500. The number of halogens is 2. The molecule has 1 aliphatic rings. The maximum atomic E-state index is 13.1. The first-order valence-electron chi connectivity index (χ1n) is 6.50. The summed E-state index contributed by atoms with van der Waals surface area (Å²) in [5.41, 5.74) is 0.534. The van der Waals surface area contributed by atoms with Crippen molar-refractivity contribution in [3.8, 4) is 0 Å². The molecule has 1 atom stereocenters. The van der Waals surface area contributed by atoms with Crippen LogP contribution in [-0.4, -0.2) is 37.5 Å². The zero-order valence-electron chi connectivity index (χ0n) is 11.0. The van der Waals surface area contributed by atoms with E-state index in [1.165, 1.54) is 12.1 Å². The Morgan fingerprint density at radius 3 is 3.05 bits per heavy atom. The summed E-state index contributed by atoms with van der Waals surface area (Å²) in [6.45, 7) is 2.47. The van der Waals surface area contributed by atoms with Crippen molar-refractivity contribution in [3.63, 3.8) is 0 Å². The molecule has 3 nitrogen and oxygen atoms in total. The molecule has 1 aromatic rings. The summed E-state index contributed by atoms with van der Waals surface area (Å²) in [5, 5.41) is 3.16. The number of carbonyl (C=O) groups excluding carboxylic acids is 1. The second-order valence-corrected chi connectivity index (χ2v) is 5.80. The van der Waals surface area contributed by atoms with E-state index < -0.39 is 0 Å². The second kappa shape index (κ2) is 6.48. The van der Waals surface area contributed by atoms with Crippen molar-refractivity contribution < 1.29 is 9.18 Å². The maximum absolute atomic E-state index is 13.1. The van der Waals surface area contributed by atoms with E-state index >= 15 is 0 Å². The van der Waals surface area contributed by atoms with Crippen molar-refractivity contribution >= 4 is 21.8 Å². The lowest BCUT2D eigenvalue weighted by Gasteiger charge is -2.33. The number of likely N-dealkylation sites (tertiary alicyclic amines) is 1. The predicted molar refractivity (Wildman–Crippen MR) is 76.7 cm³/mol. The molecule has 1 N–H and O–H groups in total. The number of piperidine rings is 1. The first kappa shape index (κ1) is 14.5. The lowest BCUT2D eigenvalue weighted by atomic mass is 9.97. The second-order valence-electron chi connectivity index (χ2n) is 4.94. The van der Waals surface area contributed by atoms with Crippen molar-refractivity contribution in [2.45, 2.75) is 12.8 Å². The summed E-state index contributed by atoms with van der Waals surface area (Å²) in [6.07, 6.45) is 2.17. The average molecular weight is 329 g/mol. The van der Waals surface area contributed by atoms with E-state index in [1.807, 2.05) is 11.9 Å². The predicted octanol–water partition coefficient (Wildman–Crippen LogP) is 2.66. The molecule has 1 amide bonds. The fourth-order valence-electron chi connectivity index (χ4n) is 2.54. The van der Waals surface area contributed by atoms with Gasteiger partial charge in [-0.3, -0.25) is 4.79 Å². The van der Waals surface area contributed by atoms with Crippen molar-refractivity contribution in [2.24, 2.45) is 5.92 Å². The minimum atomic E-state index is -0.338. The van der Waals surface area contributed by atoms with Crippen molar-refractivity contribution in [1.82, 2.24) is 10.2 Å². The normalized spacial score (nSPS) is 19.5. The molecule has 2 rings (SSSR count). The number of rotatable bonds is 3. The molecule has 5 heteroatoms. The first-order valence-corrected chi connectivity index (χ1v) is 7.30. The van der Waals surface area contributed by atoms with Crippen LogP contribution in [0.4, 0.5) is 4.39 Å². The standard InChI is InChI=1S/C14H18BrFN2O/c1-17-8-10-3-2-6-18(9-10)14(19)12-5-4-11(16)7-13(12)15/h4-5,7,10,17H,2-3,6,8-9H2,1H3. The molecular formula is C14H18BrFN2O. The van der Waals surface area contributed by atoms with E-state index in [9.17, 15) is 9.18 Å². The van der Waals surface area contributed by atoms with Crippen molar-refractivity contribution in [2.75, 3.05) is 26.7 Å². The third kappa shape index (κ3) is 3.54. The van der Waals surface area contributed by atoms with Gasteiger partial charge in [0.2, 0.25) is 0 Å². The molecule has 0 aromatic heterocycles. The molecule has 1 saturated heterocycles. The van der Waals surface area contributed by atoms with Gasteiger partial charge in [0.05, 0.1) is 5.56 Å². The van der Waals surface area contributed by atoms with E-state index in [4.69, 9.17) is 0 Å². The molecule has 0 spiro atoms. The zero-order valence-corrected chi connectivity index (χ0v) is 12.5. The summed E-state index contributed by atoms with van der Waals surface area (Å²) in [7, 11) is 1.93. The van der Waals surface area contributed by atoms with Crippen LogP contribution in [0.2, 0.25) is 0 Å². The van der Waals surface area contributed by atoms with E-state index in [2.05, 4.69) is 21.2 Å². The molecule has 104 valence electrons. The highest BCUT2D eigenvalue weighted by Gasteiger charge is 2.25. The van der Waals surface area contributed by atoms with Crippen molar-refractivity contribution in [3.05, 3.63) is 34.1 Å². The highest BCUT2D eigenvalue weighted by Crippen LogP contribution is 2.23. The number of hydrogen-bond donors (Lipinski definition) is 1. The third-order valence-electron chi connectivity index (χ3n) is 3.46. The number of amides is 1. The molecule has 0 bridgehead atoms. The van der Waals surface area contributed by atoms with E-state index in [0.29, 0.717) is 16.0 Å². The lowest BCUT2D eigenvalue weighted by Crippen LogP contribution is -2.42. The molecule has 0 saturated carbocycles. The van der Waals surface area contributed by atoms with Crippen LogP contribution >= 0.6 is 15.9 Å². The smallest absolute Gasteiger partial charge is 0.255 e. The molecule has 1 fully saturated rings. The van der Waals surface area contributed by atoms with Crippen LogP contribution in [0.15, 0.2) is 22.7 Å². The molecule has 1 aliphatic heterocycles. The molecule has 1 heterocycles. The Morgan fingerprint density at radius 1 is 1.58 bits per heavy atom. The number of nitrogens with one attached hydrogen (secondary N) is 1. The van der Waals surface area contributed by atoms with E-state index in [0.717, 1.165) is 32.5 Å². The van der Waals surface area contributed by atoms with Crippen LogP contribution in [0.1, 0.15) is 23.2 Å². The summed E-state index contributed by atoms with van der Waals surface area (Å²) in [6, 6.07) is 4.21. The van der Waals surface area contributed by atoms with Crippen LogP contribution in [0.25, 0.3) is 0 Å². The monoisotopic (exact) mass is 328 g/mol. The van der Waals surface area contributed by atoms with Gasteiger partial charge >= 0.3 is 0 Å². The summed E-state index contributed by atoms with van der Waals surface area (Å²) in [4.78, 5) is 14.3. The summed E-state index contributed by atoms with van der Waals surface area (Å²) >= 11 is 3.26. The minimum absolute atomic E-state index is 0.0207. The van der Waals surface area contributed by atoms with E-state index in [-0.39, 0.29) is 11.7 Å². The summed E-state index contributed by atoms with van der Waals surface area (Å²) in [5.74, 6) is 0.143. The van der Waals surface area contributed by atoms with Gasteiger partial charge in [0.25, 0.3) is 5.91 Å². The Morgan fingerprint density at radius 2 is 2.37 bits per heavy atom. The van der Waals surface area contributed by atoms with Gasteiger partial charge in [-0.25, -0.2) is 4.39 Å². The zero-order chi connectivity index (χ0) is 13.8. The minimum Gasteiger partial charge on any atom is -0.338 e. The quantitative estimate of drug-likeness (QED) is 0.925. The molecule has 0 aliphatic carbocycles. The lowest BCUT2D eigenvalue weighted by molar-refractivity contribution is 0.0673. The summed E-state index contributed by atoms with van der Waals surface area (Å²) < 4.78 is 13.6. The molecule has 1 unspecified atom stereocenters. The topological polar surface area (TPSA) is 32.3 Å². The van der Waals surface area contributed by atoms with Gasteiger partial charge < -0.3 is 10.2 Å². The Hall–Kier alpha value is -0.940. The highest BCUT2D eigenvalue weighted by molar-refractivity contribution is 9.10. The Balaban J connectivity index is 2.10. The first-order chi connectivity index (χ1) is 9.11. The highest BCUT2D eigenvalue weighted by atomic mass is 79.9. The van der Waals surface area contributed by atoms with Gasteiger partial charge in [0, 0.05) is 17.6 Å². The van der Waals surface area contributed by atoms with Crippen LogP contribution < -0.4 is 5.32 Å². The van der Waals surface area contributed by atoms with Gasteiger partial charge in [0.15, 0.2) is 0 Å². The van der Waals surface area contributed by atoms with Gasteiger partial charge in [-0.2, -0.15) is 0 Å². The number of carbonyl (C=O) groups is 1. The Bertz CT molecular complexity index is 465. The van der Waals surface area contributed by atoms with Gasteiger partial charge in [-0.15, -0.1) is 0 Å². The molecule has 1 aromatic carbocycles. The number of hydrogen-bond acceptors (Lipinski definition) is 2. The fourth-order valence-corrected chi connectivity index (χ4v) is 3.06. The van der Waals surface area contributed by atoms with E-state index in [1.54, 1.807) is 6.07 Å². The van der Waals surface area contributed by atoms with Crippen molar-refractivity contribution in [1.29, 1.82) is 0 Å². The largest absolute Gasteiger partial charge is 0.338 e. The average Bonchev–Trinajstić information content (AvgIpc) is 2.39. The number of benzene rings is 1. The third-order valence-corrected chi connectivity index (χ3v) is 4.12. The SMILES string of the molecule is CNCC1CCCN(C(=O)c2ccc(F)cc2Br)C1. The number of nitrogens with zero attached hydrogens (tertiary/aromatic N) is 1. The molecule has 19 heavy (non-hydrogen) atoms. The van der Waals surface area contributed by atoms with Crippen LogP contribution in [-0.2, 0) is 0 Å². The maximum Gasteiger partial charge on any atom is 0.255 e. The molecule has 0 radical (unpaired) electrons. The van der Waals surface area contributed by atoms with Crippen LogP contribution in [0.3, 0.4) is 0 Å². The van der Waals surface area contributed by atoms with Gasteiger partial charge in [0.1, 0.15) is 5.82 Å². The Kier molecular flexibility index (Phi) is 4.93. The van der Waals surface area contributed by atoms with Crippen LogP contribution in [0.5, 0.6) is 0 Å². The molecular weight excluding hydrogens is 311 g/mol.